The highest BCUT2D eigenvalue weighted by atomic mass is 19.1. The van der Waals surface area contributed by atoms with Crippen molar-refractivity contribution >= 4 is 17.7 Å². The van der Waals surface area contributed by atoms with Gasteiger partial charge in [-0.05, 0) is 20.3 Å². The van der Waals surface area contributed by atoms with Gasteiger partial charge in [-0.1, -0.05) is 6.92 Å². The number of nitrogens with one attached hydrogen (secondary N) is 3. The molecule has 1 unspecified atom stereocenters. The molecule has 3 N–H and O–H groups in total. The first-order valence-corrected chi connectivity index (χ1v) is 6.86. The van der Waals surface area contributed by atoms with Crippen LogP contribution < -0.4 is 16.0 Å². The van der Waals surface area contributed by atoms with E-state index in [1.54, 1.807) is 0 Å². The summed E-state index contributed by atoms with van der Waals surface area (Å²) in [5.74, 6) is -0.130. The minimum absolute atomic E-state index is 0.0618. The van der Waals surface area contributed by atoms with Crippen molar-refractivity contribution in [2.24, 2.45) is 0 Å². The van der Waals surface area contributed by atoms with Gasteiger partial charge in [-0.2, -0.15) is 4.98 Å². The summed E-state index contributed by atoms with van der Waals surface area (Å²) in [5.41, 5.74) is 0. The summed E-state index contributed by atoms with van der Waals surface area (Å²) < 4.78 is 13.5. The van der Waals surface area contributed by atoms with Gasteiger partial charge in [0.25, 0.3) is 0 Å². The van der Waals surface area contributed by atoms with E-state index in [2.05, 4.69) is 25.9 Å². The molecule has 1 aromatic heterocycles. The summed E-state index contributed by atoms with van der Waals surface area (Å²) in [6, 6.07) is 0.152. The van der Waals surface area contributed by atoms with Crippen LogP contribution in [0.2, 0.25) is 0 Å². The first-order chi connectivity index (χ1) is 9.56. The minimum Gasteiger partial charge on any atom is -0.367 e. The van der Waals surface area contributed by atoms with E-state index in [9.17, 15) is 9.18 Å². The maximum atomic E-state index is 13.5. The lowest BCUT2D eigenvalue weighted by Crippen LogP contribution is -2.33. The first-order valence-electron chi connectivity index (χ1n) is 6.86. The topological polar surface area (TPSA) is 78.9 Å². The van der Waals surface area contributed by atoms with Crippen molar-refractivity contribution in [3.63, 3.8) is 0 Å². The average molecular weight is 283 g/mol. The second-order valence-corrected chi connectivity index (χ2v) is 4.47. The minimum atomic E-state index is -0.533. The lowest BCUT2D eigenvalue weighted by molar-refractivity contribution is -0.121. The molecule has 0 bridgehead atoms. The molecule has 1 rings (SSSR count). The Kier molecular flexibility index (Phi) is 6.69. The highest BCUT2D eigenvalue weighted by Gasteiger charge is 2.08. The largest absolute Gasteiger partial charge is 0.367 e. The third-order valence-corrected chi connectivity index (χ3v) is 2.74. The zero-order valence-electron chi connectivity index (χ0n) is 12.2. The maximum absolute atomic E-state index is 13.5. The summed E-state index contributed by atoms with van der Waals surface area (Å²) in [6.45, 7) is 6.82. The molecule has 1 atom stereocenters. The summed E-state index contributed by atoms with van der Waals surface area (Å²) in [4.78, 5) is 19.4. The molecule has 0 fully saturated rings. The van der Waals surface area contributed by atoms with E-state index in [-0.39, 0.29) is 24.2 Å². The zero-order chi connectivity index (χ0) is 15.0. The van der Waals surface area contributed by atoms with Gasteiger partial charge in [-0.15, -0.1) is 0 Å². The monoisotopic (exact) mass is 283 g/mol. The molecule has 0 aromatic carbocycles. The second-order valence-electron chi connectivity index (χ2n) is 4.47. The van der Waals surface area contributed by atoms with Crippen molar-refractivity contribution in [3.8, 4) is 0 Å². The zero-order valence-corrected chi connectivity index (χ0v) is 12.2. The highest BCUT2D eigenvalue weighted by Crippen LogP contribution is 2.11. The summed E-state index contributed by atoms with van der Waals surface area (Å²) >= 11 is 0. The fourth-order valence-electron chi connectivity index (χ4n) is 1.48. The quantitative estimate of drug-likeness (QED) is 0.677. The van der Waals surface area contributed by atoms with Gasteiger partial charge in [0.2, 0.25) is 11.9 Å². The van der Waals surface area contributed by atoms with Crippen LogP contribution in [-0.4, -0.2) is 35.0 Å². The number of aromatic nitrogens is 2. The summed E-state index contributed by atoms with van der Waals surface area (Å²) in [7, 11) is 0. The molecule has 1 amide bonds. The third kappa shape index (κ3) is 5.38. The molecule has 0 aliphatic rings. The molecule has 112 valence electrons. The summed E-state index contributed by atoms with van der Waals surface area (Å²) in [6.07, 6.45) is 2.25. The van der Waals surface area contributed by atoms with Gasteiger partial charge in [-0.25, -0.2) is 9.37 Å². The van der Waals surface area contributed by atoms with Crippen molar-refractivity contribution in [2.45, 2.75) is 39.7 Å². The number of hydrogen-bond donors (Lipinski definition) is 3. The Balaban J connectivity index is 2.45. The molecule has 20 heavy (non-hydrogen) atoms. The van der Waals surface area contributed by atoms with Crippen LogP contribution >= 0.6 is 0 Å². The fourth-order valence-corrected chi connectivity index (χ4v) is 1.48. The molecule has 0 spiro atoms. The molecule has 0 aliphatic carbocycles. The van der Waals surface area contributed by atoms with Crippen LogP contribution in [0.3, 0.4) is 0 Å². The maximum Gasteiger partial charge on any atom is 0.224 e. The lowest BCUT2D eigenvalue weighted by atomic mass is 10.2. The highest BCUT2D eigenvalue weighted by molar-refractivity contribution is 5.76. The van der Waals surface area contributed by atoms with Crippen LogP contribution in [0.1, 0.15) is 33.6 Å². The molecule has 7 heteroatoms. The van der Waals surface area contributed by atoms with E-state index in [0.29, 0.717) is 19.0 Å². The second kappa shape index (κ2) is 8.29. The van der Waals surface area contributed by atoms with E-state index in [0.717, 1.165) is 12.6 Å². The summed E-state index contributed by atoms with van der Waals surface area (Å²) in [5, 5.41) is 8.55. The van der Waals surface area contributed by atoms with Crippen LogP contribution in [0.15, 0.2) is 6.20 Å². The van der Waals surface area contributed by atoms with Crippen LogP contribution in [-0.2, 0) is 4.79 Å². The van der Waals surface area contributed by atoms with Gasteiger partial charge in [0.05, 0.1) is 6.20 Å². The molecule has 0 radical (unpaired) electrons. The van der Waals surface area contributed by atoms with Gasteiger partial charge >= 0.3 is 0 Å². The van der Waals surface area contributed by atoms with Crippen molar-refractivity contribution in [3.05, 3.63) is 12.0 Å². The Morgan fingerprint density at radius 2 is 2.15 bits per heavy atom. The first kappa shape index (κ1) is 16.1. The smallest absolute Gasteiger partial charge is 0.224 e. The van der Waals surface area contributed by atoms with Crippen LogP contribution in [0.25, 0.3) is 0 Å². The third-order valence-electron chi connectivity index (χ3n) is 2.74. The molecule has 6 nitrogen and oxygen atoms in total. The molecular weight excluding hydrogens is 261 g/mol. The number of rotatable bonds is 8. The van der Waals surface area contributed by atoms with E-state index in [1.807, 2.05) is 20.8 Å². The number of amides is 1. The van der Waals surface area contributed by atoms with Gasteiger partial charge in [0.1, 0.15) is 0 Å². The standard InChI is InChI=1S/C13H22FN5O/c1-4-9(3)18-11(20)6-7-16-12-10(14)8-17-13(19-12)15-5-2/h8-9H,4-7H2,1-3H3,(H,18,20)(H2,15,16,17,19). The van der Waals surface area contributed by atoms with Crippen molar-refractivity contribution in [2.75, 3.05) is 23.7 Å². The average Bonchev–Trinajstić information content (AvgIpc) is 2.42. The molecule has 0 saturated carbocycles. The Hall–Kier alpha value is -1.92. The van der Waals surface area contributed by atoms with E-state index in [4.69, 9.17) is 0 Å². The lowest BCUT2D eigenvalue weighted by Gasteiger charge is -2.12. The van der Waals surface area contributed by atoms with Crippen molar-refractivity contribution < 1.29 is 9.18 Å². The Bertz CT molecular complexity index is 441. The van der Waals surface area contributed by atoms with Gasteiger partial charge in [0.15, 0.2) is 11.6 Å². The van der Waals surface area contributed by atoms with Crippen LogP contribution in [0, 0.1) is 5.82 Å². The van der Waals surface area contributed by atoms with Crippen molar-refractivity contribution in [1.29, 1.82) is 0 Å². The molecule has 1 aromatic rings. The molecular formula is C13H22FN5O. The molecule has 0 saturated heterocycles. The molecule has 0 aliphatic heterocycles. The number of carbonyl (C=O) groups is 1. The number of anilines is 2. The number of halogens is 1. The van der Waals surface area contributed by atoms with Gasteiger partial charge in [0, 0.05) is 25.6 Å². The van der Waals surface area contributed by atoms with Crippen LogP contribution in [0.5, 0.6) is 0 Å². The number of carbonyl (C=O) groups excluding carboxylic acids is 1. The predicted octanol–water partition coefficient (Wildman–Crippen LogP) is 1.76. The Labute approximate surface area is 118 Å². The van der Waals surface area contributed by atoms with Gasteiger partial charge < -0.3 is 16.0 Å². The predicted molar refractivity (Wildman–Crippen MR) is 77.2 cm³/mol. The Morgan fingerprint density at radius 3 is 2.80 bits per heavy atom. The molecule has 1 heterocycles. The van der Waals surface area contributed by atoms with E-state index < -0.39 is 5.82 Å². The normalized spacial score (nSPS) is 11.8. The number of hydrogen-bond acceptors (Lipinski definition) is 5. The van der Waals surface area contributed by atoms with E-state index >= 15 is 0 Å². The fraction of sp³-hybridized carbons (Fsp3) is 0.615. The van der Waals surface area contributed by atoms with E-state index in [1.165, 1.54) is 0 Å². The van der Waals surface area contributed by atoms with Crippen molar-refractivity contribution in [1.82, 2.24) is 15.3 Å². The SMILES string of the molecule is CCNc1ncc(F)c(NCCC(=O)NC(C)CC)n1. The number of nitrogens with zero attached hydrogens (tertiary/aromatic N) is 2. The van der Waals surface area contributed by atoms with Crippen LogP contribution in [0.4, 0.5) is 16.2 Å². The van der Waals surface area contributed by atoms with Gasteiger partial charge in [-0.3, -0.25) is 4.79 Å². The Morgan fingerprint density at radius 1 is 1.40 bits per heavy atom.